The Morgan fingerprint density at radius 2 is 1.64 bits per heavy atom. The lowest BCUT2D eigenvalue weighted by Crippen LogP contribution is -2.16. The van der Waals surface area contributed by atoms with Gasteiger partial charge in [-0.15, -0.1) is 11.8 Å². The monoisotopic (exact) mass is 341 g/mol. The number of nitrogens with zero attached hydrogens (tertiary/aromatic N) is 1. The minimum atomic E-state index is 0.399. The van der Waals surface area contributed by atoms with Crippen LogP contribution >= 0.6 is 11.8 Å². The number of aryl methyl sites for hydroxylation is 1. The molecule has 1 aliphatic carbocycles. The summed E-state index contributed by atoms with van der Waals surface area (Å²) in [6.45, 7) is 2.15. The van der Waals surface area contributed by atoms with Crippen LogP contribution in [0.25, 0.3) is 0 Å². The quantitative estimate of drug-likeness (QED) is 0.518. The van der Waals surface area contributed by atoms with E-state index in [2.05, 4.69) is 79.7 Å². The maximum Gasteiger partial charge on any atom is 0.0769 e. The van der Waals surface area contributed by atoms with Crippen molar-refractivity contribution in [2.45, 2.75) is 23.5 Å². The van der Waals surface area contributed by atoms with E-state index in [1.165, 1.54) is 32.9 Å². The molecule has 0 spiro atoms. The first-order valence-corrected chi connectivity index (χ1v) is 9.67. The van der Waals surface area contributed by atoms with Crippen LogP contribution in [0.2, 0.25) is 0 Å². The van der Waals surface area contributed by atoms with Crippen molar-refractivity contribution in [3.63, 3.8) is 0 Å². The Kier molecular flexibility index (Phi) is 3.53. The molecule has 1 aliphatic heterocycles. The zero-order valence-electron chi connectivity index (χ0n) is 14.1. The molecule has 2 atom stereocenters. The van der Waals surface area contributed by atoms with Gasteiger partial charge in [0.05, 0.1) is 11.4 Å². The van der Waals surface area contributed by atoms with Crippen molar-refractivity contribution < 1.29 is 0 Å². The number of fused-ring (bicyclic) bond motifs is 4. The average molecular weight is 341 g/mol. The standard InChI is InChI=1S/C23H19NS/c1-15-10-12-16(13-11-15)23-19-14-17-6-2-3-7-18(17)22(19)24-20-8-4-5-9-21(20)25-23/h2-13,19,23H,14H2,1H3/t19-,23-/m0/s1. The van der Waals surface area contributed by atoms with Crippen LogP contribution in [0.15, 0.2) is 82.7 Å². The summed E-state index contributed by atoms with van der Waals surface area (Å²) < 4.78 is 0. The van der Waals surface area contributed by atoms with Gasteiger partial charge in [0.2, 0.25) is 0 Å². The Morgan fingerprint density at radius 3 is 2.52 bits per heavy atom. The summed E-state index contributed by atoms with van der Waals surface area (Å²) in [5.74, 6) is 0.428. The molecule has 25 heavy (non-hydrogen) atoms. The zero-order chi connectivity index (χ0) is 16.8. The molecule has 2 heteroatoms. The Labute approximate surface area is 152 Å². The van der Waals surface area contributed by atoms with Gasteiger partial charge in [0.1, 0.15) is 0 Å². The molecule has 2 aliphatic rings. The van der Waals surface area contributed by atoms with Crippen molar-refractivity contribution in [1.29, 1.82) is 0 Å². The summed E-state index contributed by atoms with van der Waals surface area (Å²) >= 11 is 1.97. The zero-order valence-corrected chi connectivity index (χ0v) is 15.0. The van der Waals surface area contributed by atoms with Crippen LogP contribution in [0, 0.1) is 12.8 Å². The lowest BCUT2D eigenvalue weighted by Gasteiger charge is -2.22. The number of para-hydroxylation sites is 1. The number of aliphatic imine (C=N–C) groups is 1. The number of rotatable bonds is 1. The van der Waals surface area contributed by atoms with E-state index < -0.39 is 0 Å². The number of hydrogen-bond donors (Lipinski definition) is 0. The lowest BCUT2D eigenvalue weighted by atomic mass is 9.94. The van der Waals surface area contributed by atoms with Crippen LogP contribution in [0.1, 0.15) is 27.5 Å². The van der Waals surface area contributed by atoms with Crippen LogP contribution in [-0.2, 0) is 6.42 Å². The first-order valence-electron chi connectivity index (χ1n) is 8.79. The molecule has 3 aromatic rings. The molecule has 0 unspecified atom stereocenters. The van der Waals surface area contributed by atoms with Gasteiger partial charge in [0.25, 0.3) is 0 Å². The molecule has 3 aromatic carbocycles. The molecule has 1 heterocycles. The summed E-state index contributed by atoms with van der Waals surface area (Å²) in [5, 5.41) is 0.399. The molecular formula is C23H19NS. The Hall–Kier alpha value is -2.32. The highest BCUT2D eigenvalue weighted by Crippen LogP contribution is 2.51. The minimum absolute atomic E-state index is 0.399. The van der Waals surface area contributed by atoms with Crippen LogP contribution in [0.3, 0.4) is 0 Å². The van der Waals surface area contributed by atoms with Crippen LogP contribution in [-0.4, -0.2) is 5.71 Å². The van der Waals surface area contributed by atoms with E-state index in [1.54, 1.807) is 0 Å². The molecule has 122 valence electrons. The van der Waals surface area contributed by atoms with E-state index in [0.717, 1.165) is 12.1 Å². The van der Waals surface area contributed by atoms with Gasteiger partial charge >= 0.3 is 0 Å². The van der Waals surface area contributed by atoms with Crippen molar-refractivity contribution >= 4 is 23.2 Å². The predicted molar refractivity (Wildman–Crippen MR) is 106 cm³/mol. The number of thioether (sulfide) groups is 1. The predicted octanol–water partition coefficient (Wildman–Crippen LogP) is 6.14. The summed E-state index contributed by atoms with van der Waals surface area (Å²) in [6.07, 6.45) is 1.08. The molecule has 0 saturated heterocycles. The average Bonchev–Trinajstić information content (AvgIpc) is 2.92. The Bertz CT molecular complexity index is 971. The van der Waals surface area contributed by atoms with Gasteiger partial charge in [-0.1, -0.05) is 66.2 Å². The lowest BCUT2D eigenvalue weighted by molar-refractivity contribution is 0.693. The van der Waals surface area contributed by atoms with Gasteiger partial charge in [-0.25, -0.2) is 0 Å². The third-order valence-electron chi connectivity index (χ3n) is 5.22. The first kappa shape index (κ1) is 15.0. The molecule has 0 N–H and O–H groups in total. The molecule has 0 aromatic heterocycles. The largest absolute Gasteiger partial charge is 0.251 e. The highest BCUT2D eigenvalue weighted by atomic mass is 32.2. The van der Waals surface area contributed by atoms with Crippen molar-refractivity contribution in [3.05, 3.63) is 95.1 Å². The fourth-order valence-corrected chi connectivity index (χ4v) is 5.28. The fourth-order valence-electron chi connectivity index (χ4n) is 3.93. The second kappa shape index (κ2) is 5.89. The van der Waals surface area contributed by atoms with Crippen molar-refractivity contribution in [2.24, 2.45) is 10.9 Å². The summed E-state index contributed by atoms with van der Waals surface area (Å²) in [6, 6.07) is 26.4. The van der Waals surface area contributed by atoms with Crippen molar-refractivity contribution in [1.82, 2.24) is 0 Å². The number of hydrogen-bond acceptors (Lipinski definition) is 2. The van der Waals surface area contributed by atoms with Gasteiger partial charge in [-0.05, 0) is 42.2 Å². The van der Waals surface area contributed by atoms with Gasteiger partial charge in [0.15, 0.2) is 0 Å². The highest BCUT2D eigenvalue weighted by Gasteiger charge is 2.37. The maximum atomic E-state index is 5.13. The third kappa shape index (κ3) is 2.52. The first-order chi connectivity index (χ1) is 12.3. The van der Waals surface area contributed by atoms with Crippen LogP contribution < -0.4 is 0 Å². The second-order valence-electron chi connectivity index (χ2n) is 6.88. The van der Waals surface area contributed by atoms with Gasteiger partial charge in [-0.3, -0.25) is 4.99 Å². The fraction of sp³-hybridized carbons (Fsp3) is 0.174. The molecule has 0 fully saturated rings. The van der Waals surface area contributed by atoms with Gasteiger partial charge < -0.3 is 0 Å². The molecule has 0 radical (unpaired) electrons. The van der Waals surface area contributed by atoms with E-state index in [1.807, 2.05) is 11.8 Å². The summed E-state index contributed by atoms with van der Waals surface area (Å²) in [4.78, 5) is 6.42. The molecule has 1 nitrogen and oxygen atoms in total. The van der Waals surface area contributed by atoms with Crippen LogP contribution in [0.4, 0.5) is 5.69 Å². The topological polar surface area (TPSA) is 12.4 Å². The molecule has 0 amide bonds. The van der Waals surface area contributed by atoms with Crippen molar-refractivity contribution in [3.8, 4) is 0 Å². The van der Waals surface area contributed by atoms with E-state index in [4.69, 9.17) is 4.99 Å². The van der Waals surface area contributed by atoms with E-state index in [-0.39, 0.29) is 0 Å². The summed E-state index contributed by atoms with van der Waals surface area (Å²) in [7, 11) is 0. The van der Waals surface area contributed by atoms with Gasteiger partial charge in [0, 0.05) is 16.1 Å². The SMILES string of the molecule is Cc1ccc([C@@H]2Sc3ccccc3N=C3c4ccccc4C[C@@H]32)cc1. The highest BCUT2D eigenvalue weighted by molar-refractivity contribution is 7.99. The molecular weight excluding hydrogens is 322 g/mol. The number of benzene rings is 3. The van der Waals surface area contributed by atoms with E-state index in [0.29, 0.717) is 11.2 Å². The second-order valence-corrected chi connectivity index (χ2v) is 8.07. The molecule has 0 bridgehead atoms. The van der Waals surface area contributed by atoms with E-state index >= 15 is 0 Å². The third-order valence-corrected chi connectivity index (χ3v) is 6.67. The molecule has 0 saturated carbocycles. The Balaban J connectivity index is 1.70. The minimum Gasteiger partial charge on any atom is -0.251 e. The Morgan fingerprint density at radius 1 is 0.880 bits per heavy atom. The normalized spacial score (nSPS) is 20.9. The van der Waals surface area contributed by atoms with Crippen molar-refractivity contribution in [2.75, 3.05) is 0 Å². The van der Waals surface area contributed by atoms with Crippen LogP contribution in [0.5, 0.6) is 0 Å². The summed E-state index contributed by atoms with van der Waals surface area (Å²) in [5.41, 5.74) is 7.85. The maximum absolute atomic E-state index is 5.13. The smallest absolute Gasteiger partial charge is 0.0769 e. The van der Waals surface area contributed by atoms with Gasteiger partial charge in [-0.2, -0.15) is 0 Å². The molecule has 5 rings (SSSR count). The van der Waals surface area contributed by atoms with E-state index in [9.17, 15) is 0 Å².